The van der Waals surface area contributed by atoms with Crippen LogP contribution in [0.1, 0.15) is 32.2 Å². The Morgan fingerprint density at radius 1 is 1.30 bits per heavy atom. The van der Waals surface area contributed by atoms with Crippen molar-refractivity contribution in [1.29, 1.82) is 0 Å². The van der Waals surface area contributed by atoms with Crippen LogP contribution in [0.15, 0.2) is 6.07 Å². The van der Waals surface area contributed by atoms with Gasteiger partial charge in [-0.1, -0.05) is 20.8 Å². The summed E-state index contributed by atoms with van der Waals surface area (Å²) in [5.41, 5.74) is 2.23. The molecule has 1 aromatic heterocycles. The van der Waals surface area contributed by atoms with Crippen molar-refractivity contribution in [2.75, 3.05) is 26.4 Å². The van der Waals surface area contributed by atoms with Crippen LogP contribution < -0.4 is 0 Å². The number of aromatic nitrogens is 2. The minimum absolute atomic E-state index is 0.0475. The summed E-state index contributed by atoms with van der Waals surface area (Å²) in [6.07, 6.45) is 0. The second-order valence-corrected chi connectivity index (χ2v) is 5.70. The van der Waals surface area contributed by atoms with Crippen LogP contribution >= 0.6 is 0 Å². The largest absolute Gasteiger partial charge is 0.480 e. The highest BCUT2D eigenvalue weighted by Crippen LogP contribution is 2.22. The summed E-state index contributed by atoms with van der Waals surface area (Å²) in [5, 5.41) is 12.9. The summed E-state index contributed by atoms with van der Waals surface area (Å²) in [7, 11) is 0. The number of carboxylic acids is 1. The van der Waals surface area contributed by atoms with Crippen LogP contribution in [0.3, 0.4) is 0 Å². The van der Waals surface area contributed by atoms with Gasteiger partial charge in [-0.2, -0.15) is 5.10 Å². The monoisotopic (exact) mass is 284 g/mol. The Labute approximate surface area is 119 Å². The summed E-state index contributed by atoms with van der Waals surface area (Å²) in [6, 6.07) is 2.09. The first-order valence-electron chi connectivity index (χ1n) is 6.73. The summed E-state index contributed by atoms with van der Waals surface area (Å²) in [4.78, 5) is 10.2. The fourth-order valence-electron chi connectivity index (χ4n) is 1.85. The smallest absolute Gasteiger partial charge is 0.329 e. The fraction of sp³-hybridized carbons (Fsp3) is 0.714. The van der Waals surface area contributed by atoms with Gasteiger partial charge in [-0.15, -0.1) is 0 Å². The summed E-state index contributed by atoms with van der Waals surface area (Å²) < 4.78 is 12.3. The molecule has 6 heteroatoms. The molecule has 0 spiro atoms. The number of nitrogens with zero attached hydrogens (tertiary/aromatic N) is 2. The molecule has 0 unspecified atom stereocenters. The highest BCUT2D eigenvalue weighted by molar-refractivity contribution is 5.67. The molecule has 1 heterocycles. The molecular formula is C14H24N2O4. The van der Waals surface area contributed by atoms with Gasteiger partial charge in [-0.3, -0.25) is 4.68 Å². The van der Waals surface area contributed by atoms with Crippen molar-refractivity contribution in [2.45, 2.75) is 39.7 Å². The number of hydrogen-bond acceptors (Lipinski definition) is 4. The first-order valence-corrected chi connectivity index (χ1v) is 6.73. The molecule has 1 aromatic rings. The number of aliphatic carboxylic acids is 1. The van der Waals surface area contributed by atoms with E-state index in [9.17, 15) is 4.79 Å². The zero-order chi connectivity index (χ0) is 15.2. The molecule has 114 valence electrons. The van der Waals surface area contributed by atoms with Gasteiger partial charge in [-0.25, -0.2) is 4.79 Å². The molecule has 0 bridgehead atoms. The van der Waals surface area contributed by atoms with Gasteiger partial charge in [0, 0.05) is 11.1 Å². The lowest BCUT2D eigenvalue weighted by Gasteiger charge is -2.20. The van der Waals surface area contributed by atoms with Gasteiger partial charge in [0.25, 0.3) is 0 Å². The van der Waals surface area contributed by atoms with Crippen molar-refractivity contribution < 1.29 is 19.4 Å². The zero-order valence-corrected chi connectivity index (χ0v) is 12.7. The quantitative estimate of drug-likeness (QED) is 0.734. The van der Waals surface area contributed by atoms with E-state index in [0.717, 1.165) is 5.69 Å². The van der Waals surface area contributed by atoms with E-state index in [0.29, 0.717) is 19.8 Å². The number of carboxylic acid groups (broad SMARTS) is 1. The molecule has 0 atom stereocenters. The van der Waals surface area contributed by atoms with Crippen molar-refractivity contribution >= 4 is 5.97 Å². The van der Waals surface area contributed by atoms with Crippen molar-refractivity contribution in [2.24, 2.45) is 0 Å². The molecule has 0 amide bonds. The third-order valence-corrected chi connectivity index (χ3v) is 2.72. The van der Waals surface area contributed by atoms with Gasteiger partial charge in [0.1, 0.15) is 6.61 Å². The molecule has 1 rings (SSSR count). The zero-order valence-electron chi connectivity index (χ0n) is 12.7. The topological polar surface area (TPSA) is 73.6 Å². The lowest BCUT2D eigenvalue weighted by molar-refractivity contribution is -0.142. The lowest BCUT2D eigenvalue weighted by Crippen LogP contribution is -2.20. The molecule has 0 saturated heterocycles. The minimum atomic E-state index is -0.966. The van der Waals surface area contributed by atoms with Crippen molar-refractivity contribution in [3.05, 3.63) is 17.5 Å². The van der Waals surface area contributed by atoms with Crippen molar-refractivity contribution in [1.82, 2.24) is 9.78 Å². The second-order valence-electron chi connectivity index (χ2n) is 5.70. The van der Waals surface area contributed by atoms with Crippen LogP contribution in [0.25, 0.3) is 0 Å². The van der Waals surface area contributed by atoms with E-state index in [2.05, 4.69) is 31.9 Å². The standard InChI is InChI=1S/C14H24N2O4/c1-11-9-12(14(2,3)4)16(15-11)5-6-19-7-8-20-10-13(17)18/h9H,5-8,10H2,1-4H3,(H,17,18). The van der Waals surface area contributed by atoms with Gasteiger partial charge in [0.15, 0.2) is 0 Å². The predicted molar refractivity (Wildman–Crippen MR) is 74.9 cm³/mol. The molecule has 0 aromatic carbocycles. The second kappa shape index (κ2) is 7.40. The Balaban J connectivity index is 2.30. The summed E-state index contributed by atoms with van der Waals surface area (Å²) >= 11 is 0. The van der Waals surface area contributed by atoms with Crippen LogP contribution in [-0.4, -0.2) is 47.3 Å². The maximum Gasteiger partial charge on any atom is 0.329 e. The number of ether oxygens (including phenoxy) is 2. The van der Waals surface area contributed by atoms with E-state index in [-0.39, 0.29) is 18.6 Å². The predicted octanol–water partition coefficient (Wildman–Crippen LogP) is 1.61. The molecule has 0 aliphatic rings. The van der Waals surface area contributed by atoms with Crippen molar-refractivity contribution in [3.63, 3.8) is 0 Å². The fourth-order valence-corrected chi connectivity index (χ4v) is 1.85. The number of aryl methyl sites for hydroxylation is 1. The average molecular weight is 284 g/mol. The minimum Gasteiger partial charge on any atom is -0.480 e. The Morgan fingerprint density at radius 2 is 1.95 bits per heavy atom. The molecule has 0 fully saturated rings. The van der Waals surface area contributed by atoms with Gasteiger partial charge in [-0.05, 0) is 13.0 Å². The molecule has 20 heavy (non-hydrogen) atoms. The first-order chi connectivity index (χ1) is 9.30. The molecule has 6 nitrogen and oxygen atoms in total. The van der Waals surface area contributed by atoms with E-state index in [4.69, 9.17) is 14.6 Å². The van der Waals surface area contributed by atoms with Gasteiger partial charge < -0.3 is 14.6 Å². The summed E-state index contributed by atoms with van der Waals surface area (Å²) in [5.74, 6) is -0.966. The van der Waals surface area contributed by atoms with Crippen molar-refractivity contribution in [3.8, 4) is 0 Å². The third-order valence-electron chi connectivity index (χ3n) is 2.72. The van der Waals surface area contributed by atoms with Crippen LogP contribution in [0, 0.1) is 6.92 Å². The average Bonchev–Trinajstić information content (AvgIpc) is 2.68. The Kier molecular flexibility index (Phi) is 6.16. The van der Waals surface area contributed by atoms with E-state index < -0.39 is 5.97 Å². The Hall–Kier alpha value is -1.40. The van der Waals surface area contributed by atoms with E-state index >= 15 is 0 Å². The van der Waals surface area contributed by atoms with Crippen LogP contribution in [0.4, 0.5) is 0 Å². The highest BCUT2D eigenvalue weighted by Gasteiger charge is 2.19. The van der Waals surface area contributed by atoms with E-state index in [1.807, 2.05) is 11.6 Å². The maximum atomic E-state index is 10.2. The maximum absolute atomic E-state index is 10.2. The van der Waals surface area contributed by atoms with Crippen LogP contribution in [0.2, 0.25) is 0 Å². The molecular weight excluding hydrogens is 260 g/mol. The van der Waals surface area contributed by atoms with E-state index in [1.54, 1.807) is 0 Å². The van der Waals surface area contributed by atoms with Crippen LogP contribution in [0.5, 0.6) is 0 Å². The van der Waals surface area contributed by atoms with Crippen LogP contribution in [-0.2, 0) is 26.2 Å². The molecule has 1 N–H and O–H groups in total. The molecule has 0 radical (unpaired) electrons. The first kappa shape index (κ1) is 16.7. The highest BCUT2D eigenvalue weighted by atomic mass is 16.5. The van der Waals surface area contributed by atoms with Gasteiger partial charge in [0.2, 0.25) is 0 Å². The van der Waals surface area contributed by atoms with E-state index in [1.165, 1.54) is 5.69 Å². The number of rotatable bonds is 8. The Bertz CT molecular complexity index is 435. The number of hydrogen-bond donors (Lipinski definition) is 1. The lowest BCUT2D eigenvalue weighted by atomic mass is 9.92. The molecule has 0 aliphatic heterocycles. The molecule has 0 aliphatic carbocycles. The number of carbonyl (C=O) groups is 1. The normalized spacial score (nSPS) is 11.8. The third kappa shape index (κ3) is 5.71. The Morgan fingerprint density at radius 3 is 2.55 bits per heavy atom. The SMILES string of the molecule is Cc1cc(C(C)(C)C)n(CCOCCOCC(=O)O)n1. The molecule has 0 saturated carbocycles. The van der Waals surface area contributed by atoms with Gasteiger partial charge >= 0.3 is 5.97 Å². The summed E-state index contributed by atoms with van der Waals surface area (Å²) in [6.45, 7) is 10.0. The van der Waals surface area contributed by atoms with Gasteiger partial charge in [0.05, 0.1) is 32.1 Å².